The van der Waals surface area contributed by atoms with E-state index in [0.717, 1.165) is 64.9 Å². The number of nitrogens with one attached hydrogen (secondary N) is 3. The molecule has 3 rings (SSSR count). The quantitative estimate of drug-likeness (QED) is 0.492. The summed E-state index contributed by atoms with van der Waals surface area (Å²) in [7, 11) is 0. The standard InChI is InChI=1S/C21H33N5O/c1-3-22-21(25-14-17(2)16-26-10-12-27-13-11-26)23-9-8-18-15-24-20-7-5-4-6-19(18)20/h4-7,15,17,24H,3,8-14,16H2,1-2H3,(H2,22,23,25). The summed E-state index contributed by atoms with van der Waals surface area (Å²) in [5.74, 6) is 1.44. The highest BCUT2D eigenvalue weighted by Gasteiger charge is 2.13. The van der Waals surface area contributed by atoms with Gasteiger partial charge >= 0.3 is 0 Å². The third-order valence-corrected chi connectivity index (χ3v) is 4.94. The van der Waals surface area contributed by atoms with Crippen LogP contribution >= 0.6 is 0 Å². The van der Waals surface area contributed by atoms with Crippen LogP contribution in [0.5, 0.6) is 0 Å². The lowest BCUT2D eigenvalue weighted by atomic mass is 10.1. The molecule has 1 atom stereocenters. The Morgan fingerprint density at radius 3 is 2.89 bits per heavy atom. The molecular formula is C21H33N5O. The summed E-state index contributed by atoms with van der Waals surface area (Å²) in [6.07, 6.45) is 3.08. The SMILES string of the molecule is CCNC(=NCC(C)CN1CCOCC1)NCCc1c[nH]c2ccccc12. The zero-order valence-electron chi connectivity index (χ0n) is 16.6. The molecule has 1 aliphatic heterocycles. The van der Waals surface area contributed by atoms with Gasteiger partial charge in [-0.1, -0.05) is 25.1 Å². The molecule has 1 unspecified atom stereocenters. The molecule has 148 valence electrons. The van der Waals surface area contributed by atoms with E-state index >= 15 is 0 Å². The fourth-order valence-electron chi connectivity index (χ4n) is 3.53. The lowest BCUT2D eigenvalue weighted by Gasteiger charge is -2.28. The molecule has 1 saturated heterocycles. The lowest BCUT2D eigenvalue weighted by molar-refractivity contribution is 0.0323. The van der Waals surface area contributed by atoms with E-state index in [-0.39, 0.29) is 0 Å². The maximum Gasteiger partial charge on any atom is 0.191 e. The minimum Gasteiger partial charge on any atom is -0.379 e. The van der Waals surface area contributed by atoms with Crippen LogP contribution in [0.15, 0.2) is 35.5 Å². The molecule has 2 heterocycles. The first kappa shape index (κ1) is 19.7. The monoisotopic (exact) mass is 371 g/mol. The number of nitrogens with zero attached hydrogens (tertiary/aromatic N) is 2. The number of para-hydroxylation sites is 1. The fraction of sp³-hybridized carbons (Fsp3) is 0.571. The second kappa shape index (κ2) is 10.3. The van der Waals surface area contributed by atoms with Crippen molar-refractivity contribution in [1.82, 2.24) is 20.5 Å². The molecule has 3 N–H and O–H groups in total. The zero-order valence-corrected chi connectivity index (χ0v) is 16.6. The molecule has 0 saturated carbocycles. The highest BCUT2D eigenvalue weighted by atomic mass is 16.5. The summed E-state index contributed by atoms with van der Waals surface area (Å²) >= 11 is 0. The third-order valence-electron chi connectivity index (χ3n) is 4.94. The van der Waals surface area contributed by atoms with Crippen molar-refractivity contribution in [3.63, 3.8) is 0 Å². The van der Waals surface area contributed by atoms with E-state index in [1.807, 2.05) is 0 Å². The minimum absolute atomic E-state index is 0.534. The van der Waals surface area contributed by atoms with Gasteiger partial charge in [0.15, 0.2) is 5.96 Å². The van der Waals surface area contributed by atoms with Gasteiger partial charge in [0.05, 0.1) is 13.2 Å². The molecule has 0 amide bonds. The molecule has 1 aromatic carbocycles. The van der Waals surface area contributed by atoms with Crippen molar-refractivity contribution in [2.75, 3.05) is 52.5 Å². The highest BCUT2D eigenvalue weighted by Crippen LogP contribution is 2.17. The van der Waals surface area contributed by atoms with Crippen LogP contribution in [0.3, 0.4) is 0 Å². The van der Waals surface area contributed by atoms with Crippen molar-refractivity contribution in [3.8, 4) is 0 Å². The predicted octanol–water partition coefficient (Wildman–Crippen LogP) is 2.23. The first-order valence-electron chi connectivity index (χ1n) is 10.1. The van der Waals surface area contributed by atoms with E-state index in [0.29, 0.717) is 5.92 Å². The zero-order chi connectivity index (χ0) is 18.9. The molecule has 2 aromatic rings. The molecule has 6 heteroatoms. The van der Waals surface area contributed by atoms with Gasteiger partial charge in [-0.25, -0.2) is 0 Å². The molecule has 1 fully saturated rings. The van der Waals surface area contributed by atoms with Gasteiger partial charge in [0.25, 0.3) is 0 Å². The van der Waals surface area contributed by atoms with Crippen molar-refractivity contribution in [3.05, 3.63) is 36.0 Å². The second-order valence-corrected chi connectivity index (χ2v) is 7.27. The molecule has 0 bridgehead atoms. The number of morpholine rings is 1. The van der Waals surface area contributed by atoms with Crippen LogP contribution in [0.2, 0.25) is 0 Å². The van der Waals surface area contributed by atoms with Gasteiger partial charge < -0.3 is 20.4 Å². The summed E-state index contributed by atoms with van der Waals surface area (Å²) in [6, 6.07) is 8.45. The van der Waals surface area contributed by atoms with Gasteiger partial charge in [0.1, 0.15) is 0 Å². The number of hydrogen-bond acceptors (Lipinski definition) is 3. The summed E-state index contributed by atoms with van der Waals surface area (Å²) < 4.78 is 5.42. The van der Waals surface area contributed by atoms with Crippen molar-refractivity contribution in [1.29, 1.82) is 0 Å². The van der Waals surface area contributed by atoms with E-state index in [9.17, 15) is 0 Å². The van der Waals surface area contributed by atoms with Gasteiger partial charge in [-0.2, -0.15) is 0 Å². The van der Waals surface area contributed by atoms with Crippen molar-refractivity contribution < 1.29 is 4.74 Å². The Kier molecular flexibility index (Phi) is 7.54. The maximum absolute atomic E-state index is 5.42. The molecule has 27 heavy (non-hydrogen) atoms. The number of hydrogen-bond donors (Lipinski definition) is 3. The topological polar surface area (TPSA) is 64.7 Å². The minimum atomic E-state index is 0.534. The maximum atomic E-state index is 5.42. The van der Waals surface area contributed by atoms with Crippen molar-refractivity contribution >= 4 is 16.9 Å². The van der Waals surface area contributed by atoms with E-state index in [1.54, 1.807) is 0 Å². The molecule has 1 aliphatic rings. The Morgan fingerprint density at radius 1 is 1.26 bits per heavy atom. The summed E-state index contributed by atoms with van der Waals surface area (Å²) in [5.41, 5.74) is 2.54. The first-order chi connectivity index (χ1) is 13.3. The van der Waals surface area contributed by atoms with Crippen LogP contribution in [-0.2, 0) is 11.2 Å². The Bertz CT molecular complexity index is 720. The average Bonchev–Trinajstić information content (AvgIpc) is 3.10. The third kappa shape index (κ3) is 5.97. The number of aliphatic imine (C=N–C) groups is 1. The number of rotatable bonds is 8. The average molecular weight is 372 g/mol. The van der Waals surface area contributed by atoms with Gasteiger partial charge in [0, 0.05) is 56.4 Å². The number of fused-ring (bicyclic) bond motifs is 1. The summed E-state index contributed by atoms with van der Waals surface area (Å²) in [4.78, 5) is 10.6. The van der Waals surface area contributed by atoms with Crippen LogP contribution in [0.1, 0.15) is 19.4 Å². The smallest absolute Gasteiger partial charge is 0.191 e. The van der Waals surface area contributed by atoms with Gasteiger partial charge in [-0.15, -0.1) is 0 Å². The Hall–Kier alpha value is -2.05. The Labute approximate surface area is 162 Å². The van der Waals surface area contributed by atoms with Crippen LogP contribution in [0.4, 0.5) is 0 Å². The second-order valence-electron chi connectivity index (χ2n) is 7.27. The summed E-state index contributed by atoms with van der Waals surface area (Å²) in [6.45, 7) is 11.8. The van der Waals surface area contributed by atoms with Crippen LogP contribution in [-0.4, -0.2) is 68.3 Å². The Morgan fingerprint density at radius 2 is 2.07 bits per heavy atom. The van der Waals surface area contributed by atoms with E-state index in [2.05, 4.69) is 64.8 Å². The van der Waals surface area contributed by atoms with Gasteiger partial charge in [-0.3, -0.25) is 9.89 Å². The van der Waals surface area contributed by atoms with Gasteiger partial charge in [0.2, 0.25) is 0 Å². The Balaban J connectivity index is 1.46. The molecule has 1 aromatic heterocycles. The largest absolute Gasteiger partial charge is 0.379 e. The van der Waals surface area contributed by atoms with Crippen LogP contribution in [0.25, 0.3) is 10.9 Å². The van der Waals surface area contributed by atoms with E-state index < -0.39 is 0 Å². The fourth-order valence-corrected chi connectivity index (χ4v) is 3.53. The van der Waals surface area contributed by atoms with E-state index in [1.165, 1.54) is 16.5 Å². The van der Waals surface area contributed by atoms with Crippen LogP contribution < -0.4 is 10.6 Å². The van der Waals surface area contributed by atoms with Crippen molar-refractivity contribution in [2.45, 2.75) is 20.3 Å². The number of aromatic amines is 1. The van der Waals surface area contributed by atoms with Crippen LogP contribution in [0, 0.1) is 5.92 Å². The molecule has 0 radical (unpaired) electrons. The predicted molar refractivity (Wildman–Crippen MR) is 112 cm³/mol. The number of ether oxygens (including phenoxy) is 1. The first-order valence-corrected chi connectivity index (χ1v) is 10.1. The van der Waals surface area contributed by atoms with E-state index in [4.69, 9.17) is 9.73 Å². The number of H-pyrrole nitrogens is 1. The normalized spacial score (nSPS) is 17.2. The molecule has 6 nitrogen and oxygen atoms in total. The highest BCUT2D eigenvalue weighted by molar-refractivity contribution is 5.83. The molecular weight excluding hydrogens is 338 g/mol. The van der Waals surface area contributed by atoms with Crippen molar-refractivity contribution in [2.24, 2.45) is 10.9 Å². The number of aromatic nitrogens is 1. The number of benzene rings is 1. The molecule has 0 spiro atoms. The molecule has 0 aliphatic carbocycles. The van der Waals surface area contributed by atoms with Gasteiger partial charge in [-0.05, 0) is 30.9 Å². The lowest BCUT2D eigenvalue weighted by Crippen LogP contribution is -2.40. The summed E-state index contributed by atoms with van der Waals surface area (Å²) in [5, 5.41) is 8.14. The number of guanidine groups is 1.